The minimum Gasteiger partial charge on any atom is -0.389 e. The summed E-state index contributed by atoms with van der Waals surface area (Å²) in [5.74, 6) is 0. The number of nitrogens with two attached hydrogens (primary N) is 1. The second-order valence-electron chi connectivity index (χ2n) is 2.18. The Morgan fingerprint density at radius 3 is 2.75 bits per heavy atom. The van der Waals surface area contributed by atoms with Crippen LogP contribution in [0.3, 0.4) is 0 Å². The fraction of sp³-hybridized carbons (Fsp3) is 0. The Bertz CT molecular complexity index is 323. The zero-order valence-electron chi connectivity index (χ0n) is 6.66. The molecule has 1 aromatic heterocycles. The van der Waals surface area contributed by atoms with E-state index >= 15 is 0 Å². The van der Waals surface area contributed by atoms with Gasteiger partial charge in [0.2, 0.25) is 0 Å². The molecule has 1 aromatic rings. The van der Waals surface area contributed by atoms with Crippen molar-refractivity contribution in [1.82, 2.24) is 4.37 Å². The molecule has 0 aliphatic carbocycles. The number of anilines is 1. The van der Waals surface area contributed by atoms with Gasteiger partial charge in [0, 0.05) is 11.6 Å². The minimum absolute atomic E-state index is 0.710. The molecule has 0 aromatic carbocycles. The van der Waals surface area contributed by atoms with Crippen LogP contribution in [0.2, 0.25) is 0 Å². The van der Waals surface area contributed by atoms with Crippen LogP contribution in [0.4, 0.5) is 5.00 Å². The van der Waals surface area contributed by atoms with E-state index in [-0.39, 0.29) is 0 Å². The lowest BCUT2D eigenvalue weighted by Crippen LogP contribution is -1.78. The van der Waals surface area contributed by atoms with Gasteiger partial charge in [0.1, 0.15) is 5.00 Å². The molecule has 0 spiro atoms. The van der Waals surface area contributed by atoms with Crippen molar-refractivity contribution >= 4 is 22.1 Å². The van der Waals surface area contributed by atoms with Crippen molar-refractivity contribution in [3.8, 4) is 0 Å². The second-order valence-corrected chi connectivity index (χ2v) is 3.01. The van der Waals surface area contributed by atoms with Crippen LogP contribution < -0.4 is 5.73 Å². The highest BCUT2D eigenvalue weighted by Gasteiger charge is 2.00. The third-order valence-corrected chi connectivity index (χ3v) is 1.96. The summed E-state index contributed by atoms with van der Waals surface area (Å²) in [5, 5.41) is 0.710. The van der Waals surface area contributed by atoms with Crippen molar-refractivity contribution in [2.45, 2.75) is 0 Å². The van der Waals surface area contributed by atoms with Gasteiger partial charge in [-0.3, -0.25) is 0 Å². The van der Waals surface area contributed by atoms with Gasteiger partial charge >= 0.3 is 0 Å². The van der Waals surface area contributed by atoms with Crippen molar-refractivity contribution in [3.63, 3.8) is 0 Å². The van der Waals surface area contributed by atoms with Crippen molar-refractivity contribution < 1.29 is 0 Å². The van der Waals surface area contributed by atoms with E-state index in [1.807, 2.05) is 12.1 Å². The Hall–Kier alpha value is -1.35. The predicted molar refractivity (Wildman–Crippen MR) is 54.9 cm³/mol. The summed E-state index contributed by atoms with van der Waals surface area (Å²) < 4.78 is 4.13. The third-order valence-electron chi connectivity index (χ3n) is 1.34. The standard InChI is InChI=1S/C9H10N2S/c1-3-5-7(4-2)8-6-9(10)12-11-8/h3-6H,1-2,10H2/b7-5+. The molecule has 62 valence electrons. The van der Waals surface area contributed by atoms with E-state index < -0.39 is 0 Å². The van der Waals surface area contributed by atoms with Gasteiger partial charge in [0.05, 0.1) is 5.69 Å². The molecule has 12 heavy (non-hydrogen) atoms. The summed E-state index contributed by atoms with van der Waals surface area (Å²) in [7, 11) is 0. The van der Waals surface area contributed by atoms with E-state index in [2.05, 4.69) is 17.5 Å². The highest BCUT2D eigenvalue weighted by Crippen LogP contribution is 2.19. The van der Waals surface area contributed by atoms with E-state index in [4.69, 9.17) is 5.73 Å². The molecule has 0 fully saturated rings. The summed E-state index contributed by atoms with van der Waals surface area (Å²) in [4.78, 5) is 0. The largest absolute Gasteiger partial charge is 0.389 e. The summed E-state index contributed by atoms with van der Waals surface area (Å²) in [5.41, 5.74) is 7.33. The maximum atomic E-state index is 5.54. The van der Waals surface area contributed by atoms with E-state index in [0.29, 0.717) is 5.00 Å². The van der Waals surface area contributed by atoms with Crippen LogP contribution in [-0.4, -0.2) is 4.37 Å². The molecule has 0 atom stereocenters. The summed E-state index contributed by atoms with van der Waals surface area (Å²) in [6, 6.07) is 1.82. The summed E-state index contributed by atoms with van der Waals surface area (Å²) in [6.45, 7) is 7.27. The van der Waals surface area contributed by atoms with Gasteiger partial charge in [0.15, 0.2) is 0 Å². The second kappa shape index (κ2) is 3.88. The van der Waals surface area contributed by atoms with E-state index in [1.165, 1.54) is 11.5 Å². The molecule has 0 saturated carbocycles. The van der Waals surface area contributed by atoms with Crippen LogP contribution in [0.1, 0.15) is 5.69 Å². The quantitative estimate of drug-likeness (QED) is 0.722. The average Bonchev–Trinajstić information content (AvgIpc) is 2.47. The van der Waals surface area contributed by atoms with Gasteiger partial charge in [-0.25, -0.2) is 0 Å². The number of allylic oxidation sites excluding steroid dienone is 4. The molecule has 2 nitrogen and oxygen atoms in total. The number of rotatable bonds is 3. The number of nitrogen functional groups attached to an aromatic ring is 1. The first-order chi connectivity index (χ1) is 5.77. The van der Waals surface area contributed by atoms with Crippen molar-refractivity contribution in [1.29, 1.82) is 0 Å². The van der Waals surface area contributed by atoms with Crippen LogP contribution in [0.25, 0.3) is 5.57 Å². The third kappa shape index (κ3) is 1.83. The SMILES string of the molecule is C=C/C=C(\C=C)c1cc(N)sn1. The summed E-state index contributed by atoms with van der Waals surface area (Å²) in [6.07, 6.45) is 5.28. The highest BCUT2D eigenvalue weighted by atomic mass is 32.1. The van der Waals surface area contributed by atoms with Crippen molar-refractivity contribution in [2.24, 2.45) is 0 Å². The Morgan fingerprint density at radius 1 is 1.58 bits per heavy atom. The Kier molecular flexibility index (Phi) is 2.82. The zero-order chi connectivity index (χ0) is 8.97. The van der Waals surface area contributed by atoms with Crippen LogP contribution >= 0.6 is 11.5 Å². The summed E-state index contributed by atoms with van der Waals surface area (Å²) >= 11 is 1.28. The highest BCUT2D eigenvalue weighted by molar-refractivity contribution is 7.10. The normalized spacial score (nSPS) is 11.2. The molecule has 0 amide bonds. The first-order valence-electron chi connectivity index (χ1n) is 3.45. The maximum absolute atomic E-state index is 5.54. The van der Waals surface area contributed by atoms with Crippen LogP contribution in [0, 0.1) is 0 Å². The molecule has 1 heterocycles. The lowest BCUT2D eigenvalue weighted by atomic mass is 10.2. The fourth-order valence-electron chi connectivity index (χ4n) is 0.810. The molecule has 0 saturated heterocycles. The minimum atomic E-state index is 0.710. The molecule has 2 N–H and O–H groups in total. The average molecular weight is 178 g/mol. The van der Waals surface area contributed by atoms with E-state index in [1.54, 1.807) is 12.2 Å². The van der Waals surface area contributed by atoms with Crippen molar-refractivity contribution in [2.75, 3.05) is 5.73 Å². The lowest BCUT2D eigenvalue weighted by Gasteiger charge is -1.92. The molecule has 0 radical (unpaired) electrons. The van der Waals surface area contributed by atoms with Gasteiger partial charge < -0.3 is 5.73 Å². The van der Waals surface area contributed by atoms with Crippen LogP contribution in [-0.2, 0) is 0 Å². The van der Waals surface area contributed by atoms with Crippen molar-refractivity contribution in [3.05, 3.63) is 43.1 Å². The molecule has 0 aliphatic rings. The first kappa shape index (κ1) is 8.74. The van der Waals surface area contributed by atoms with Crippen LogP contribution in [0.5, 0.6) is 0 Å². The number of hydrogen-bond acceptors (Lipinski definition) is 3. The molecular weight excluding hydrogens is 168 g/mol. The van der Waals surface area contributed by atoms with Gasteiger partial charge in [-0.2, -0.15) is 4.37 Å². The number of aromatic nitrogens is 1. The Balaban J connectivity index is 3.02. The maximum Gasteiger partial charge on any atom is 0.107 e. The molecule has 0 aliphatic heterocycles. The number of nitrogens with zero attached hydrogens (tertiary/aromatic N) is 1. The molecule has 3 heteroatoms. The Labute approximate surface area is 75.9 Å². The number of hydrogen-bond donors (Lipinski definition) is 1. The monoisotopic (exact) mass is 178 g/mol. The molecular formula is C9H10N2S. The topological polar surface area (TPSA) is 38.9 Å². The Morgan fingerprint density at radius 2 is 2.33 bits per heavy atom. The smallest absolute Gasteiger partial charge is 0.107 e. The fourth-order valence-corrected chi connectivity index (χ4v) is 1.34. The molecule has 0 unspecified atom stereocenters. The van der Waals surface area contributed by atoms with Gasteiger partial charge in [-0.15, -0.1) is 0 Å². The van der Waals surface area contributed by atoms with E-state index in [9.17, 15) is 0 Å². The molecule has 1 rings (SSSR count). The van der Waals surface area contributed by atoms with Crippen LogP contribution in [0.15, 0.2) is 37.5 Å². The predicted octanol–water partition coefficient (Wildman–Crippen LogP) is 2.48. The van der Waals surface area contributed by atoms with Gasteiger partial charge in [0.25, 0.3) is 0 Å². The zero-order valence-corrected chi connectivity index (χ0v) is 7.47. The van der Waals surface area contributed by atoms with Gasteiger partial charge in [-0.1, -0.05) is 31.4 Å². The van der Waals surface area contributed by atoms with Gasteiger partial charge in [-0.05, 0) is 11.5 Å². The first-order valence-corrected chi connectivity index (χ1v) is 4.23. The molecule has 0 bridgehead atoms. The lowest BCUT2D eigenvalue weighted by molar-refractivity contribution is 1.48. The van der Waals surface area contributed by atoms with E-state index in [0.717, 1.165) is 11.3 Å².